The molecule has 0 unspecified atom stereocenters. The summed E-state index contributed by atoms with van der Waals surface area (Å²) in [5.74, 6) is 0. The molecule has 0 amide bonds. The monoisotopic (exact) mass is 357 g/mol. The first-order valence-electron chi connectivity index (χ1n) is 6.12. The molecule has 2 aromatic rings. The molecule has 0 aromatic heterocycles. The van der Waals surface area contributed by atoms with Crippen LogP contribution in [0, 0.1) is 6.08 Å². The van der Waals surface area contributed by atoms with E-state index in [0.29, 0.717) is 0 Å². The molecule has 21 heavy (non-hydrogen) atoms. The van der Waals surface area contributed by atoms with E-state index >= 15 is 0 Å². The topological polar surface area (TPSA) is 20.2 Å². The molecule has 0 spiro atoms. The molecule has 0 saturated heterocycles. The molecule has 1 nitrogen and oxygen atoms in total. The summed E-state index contributed by atoms with van der Waals surface area (Å²) in [6.07, 6.45) is 8.24. The van der Waals surface area contributed by atoms with Gasteiger partial charge in [-0.05, 0) is 16.3 Å². The molecule has 0 atom stereocenters. The number of allylic oxidation sites excluding steroid dienone is 4. The Morgan fingerprint density at radius 1 is 1.05 bits per heavy atom. The molecule has 112 valence electrons. The van der Waals surface area contributed by atoms with Crippen molar-refractivity contribution in [3.63, 3.8) is 0 Å². The fourth-order valence-electron chi connectivity index (χ4n) is 1.93. The number of halogens is 2. The van der Waals surface area contributed by atoms with Gasteiger partial charge in [-0.2, -0.15) is 6.08 Å². The standard InChI is InChI=1S/C11H10O.C6H7.2ClH.Ti/c12-8-10-6-3-5-9-4-1-2-7-11(9)10;1-6-4-2-3-5-6;;;/h1-7,12H,8H2;4-5H,2H2,1H3;2*1H;/q;-1;;;. The Morgan fingerprint density at radius 2 is 1.71 bits per heavy atom. The van der Waals surface area contributed by atoms with Gasteiger partial charge in [-0.1, -0.05) is 42.5 Å². The van der Waals surface area contributed by atoms with Crippen molar-refractivity contribution in [3.05, 3.63) is 71.8 Å². The van der Waals surface area contributed by atoms with Gasteiger partial charge in [0.15, 0.2) is 0 Å². The van der Waals surface area contributed by atoms with E-state index in [0.717, 1.165) is 17.4 Å². The Hall–Kier alpha value is -0.566. The van der Waals surface area contributed by atoms with Gasteiger partial charge >= 0.3 is 0 Å². The number of hydrogen-bond acceptors (Lipinski definition) is 1. The Morgan fingerprint density at radius 3 is 2.24 bits per heavy atom. The molecule has 1 aliphatic carbocycles. The van der Waals surface area contributed by atoms with Crippen molar-refractivity contribution in [1.82, 2.24) is 0 Å². The summed E-state index contributed by atoms with van der Waals surface area (Å²) in [6, 6.07) is 14.0. The molecule has 0 radical (unpaired) electrons. The van der Waals surface area contributed by atoms with Crippen molar-refractivity contribution >= 4 is 35.6 Å². The minimum Gasteiger partial charge on any atom is -0.392 e. The van der Waals surface area contributed by atoms with Gasteiger partial charge < -0.3 is 5.11 Å². The SMILES string of the molecule is CC1=CC[C-]=C1.Cl.Cl.OCc1cccc2ccccc12.[Ti]. The van der Waals surface area contributed by atoms with Gasteiger partial charge in [0.1, 0.15) is 0 Å². The third-order valence-corrected chi connectivity index (χ3v) is 2.92. The van der Waals surface area contributed by atoms with E-state index in [1.165, 1.54) is 11.0 Å². The number of benzene rings is 2. The number of fused-ring (bicyclic) bond motifs is 1. The van der Waals surface area contributed by atoms with E-state index in [-0.39, 0.29) is 53.1 Å². The minimum absolute atomic E-state index is 0. The van der Waals surface area contributed by atoms with Gasteiger partial charge in [0.05, 0.1) is 6.61 Å². The zero-order valence-electron chi connectivity index (χ0n) is 11.9. The van der Waals surface area contributed by atoms with Crippen LogP contribution in [-0.4, -0.2) is 5.11 Å². The van der Waals surface area contributed by atoms with Gasteiger partial charge in [-0.25, -0.2) is 11.6 Å². The second-order valence-electron chi connectivity index (χ2n) is 4.30. The molecule has 2 aromatic carbocycles. The van der Waals surface area contributed by atoms with Crippen LogP contribution in [0.5, 0.6) is 0 Å². The average molecular weight is 358 g/mol. The van der Waals surface area contributed by atoms with Crippen LogP contribution >= 0.6 is 24.8 Å². The first-order valence-corrected chi connectivity index (χ1v) is 6.12. The summed E-state index contributed by atoms with van der Waals surface area (Å²) < 4.78 is 0. The maximum absolute atomic E-state index is 9.04. The molecular formula is C17H19Cl2OTi-. The third-order valence-electron chi connectivity index (χ3n) is 2.92. The molecule has 0 heterocycles. The molecule has 1 aliphatic rings. The number of aliphatic hydroxyl groups is 1. The van der Waals surface area contributed by atoms with Crippen molar-refractivity contribution in [1.29, 1.82) is 0 Å². The number of rotatable bonds is 1. The van der Waals surface area contributed by atoms with Crippen LogP contribution in [-0.2, 0) is 28.3 Å². The summed E-state index contributed by atoms with van der Waals surface area (Å²) in [5, 5.41) is 11.4. The molecule has 3 rings (SSSR count). The summed E-state index contributed by atoms with van der Waals surface area (Å²) in [5.41, 5.74) is 2.34. The Labute approximate surface area is 153 Å². The van der Waals surface area contributed by atoms with E-state index in [1.54, 1.807) is 0 Å². The Bertz CT molecular complexity index is 586. The van der Waals surface area contributed by atoms with Crippen LogP contribution in [0.3, 0.4) is 0 Å². The molecule has 4 heteroatoms. The molecule has 0 saturated carbocycles. The molecule has 1 N–H and O–H groups in total. The van der Waals surface area contributed by atoms with Crippen molar-refractivity contribution in [2.24, 2.45) is 0 Å². The normalized spacial score (nSPS) is 11.2. The van der Waals surface area contributed by atoms with Crippen molar-refractivity contribution in [2.45, 2.75) is 20.0 Å². The van der Waals surface area contributed by atoms with Gasteiger partial charge in [0, 0.05) is 21.7 Å². The fraction of sp³-hybridized carbons (Fsp3) is 0.176. The number of hydrogen-bond donors (Lipinski definition) is 1. The van der Waals surface area contributed by atoms with Crippen LogP contribution in [0.25, 0.3) is 10.8 Å². The largest absolute Gasteiger partial charge is 0.392 e. The average Bonchev–Trinajstić information content (AvgIpc) is 2.90. The van der Waals surface area contributed by atoms with Crippen molar-refractivity contribution < 1.29 is 26.8 Å². The smallest absolute Gasteiger partial charge is 0.0687 e. The van der Waals surface area contributed by atoms with E-state index in [1.807, 2.05) is 36.4 Å². The number of aliphatic hydroxyl groups excluding tert-OH is 1. The zero-order chi connectivity index (χ0) is 12.8. The van der Waals surface area contributed by atoms with Crippen molar-refractivity contribution in [2.75, 3.05) is 0 Å². The van der Waals surface area contributed by atoms with Crippen molar-refractivity contribution in [3.8, 4) is 0 Å². The van der Waals surface area contributed by atoms with E-state index < -0.39 is 0 Å². The third kappa shape index (κ3) is 6.82. The fourth-order valence-corrected chi connectivity index (χ4v) is 1.93. The summed E-state index contributed by atoms with van der Waals surface area (Å²) in [4.78, 5) is 0. The first kappa shape index (κ1) is 22.7. The quantitative estimate of drug-likeness (QED) is 0.570. The van der Waals surface area contributed by atoms with Gasteiger partial charge in [0.2, 0.25) is 0 Å². The van der Waals surface area contributed by atoms with Crippen LogP contribution in [0.2, 0.25) is 0 Å². The molecular weight excluding hydrogens is 339 g/mol. The predicted octanol–water partition coefficient (Wildman–Crippen LogP) is 4.87. The van der Waals surface area contributed by atoms with Gasteiger partial charge in [-0.3, -0.25) is 6.08 Å². The molecule has 0 bridgehead atoms. The summed E-state index contributed by atoms with van der Waals surface area (Å²) in [7, 11) is 0. The Kier molecular flexibility index (Phi) is 13.0. The zero-order valence-corrected chi connectivity index (χ0v) is 15.1. The first-order chi connectivity index (χ1) is 8.81. The maximum atomic E-state index is 9.04. The van der Waals surface area contributed by atoms with Crippen LogP contribution in [0.4, 0.5) is 0 Å². The van der Waals surface area contributed by atoms with E-state index in [9.17, 15) is 0 Å². The maximum Gasteiger partial charge on any atom is 0.0687 e. The molecule has 0 fully saturated rings. The Balaban J connectivity index is 0. The summed E-state index contributed by atoms with van der Waals surface area (Å²) >= 11 is 0. The molecule has 0 aliphatic heterocycles. The second kappa shape index (κ2) is 12.0. The van der Waals surface area contributed by atoms with Gasteiger partial charge in [0.25, 0.3) is 0 Å². The van der Waals surface area contributed by atoms with E-state index in [2.05, 4.69) is 31.2 Å². The van der Waals surface area contributed by atoms with Gasteiger partial charge in [-0.15, -0.1) is 38.2 Å². The predicted molar refractivity (Wildman–Crippen MR) is 90.6 cm³/mol. The summed E-state index contributed by atoms with van der Waals surface area (Å²) in [6.45, 7) is 2.20. The van der Waals surface area contributed by atoms with Crippen LogP contribution < -0.4 is 0 Å². The van der Waals surface area contributed by atoms with Crippen LogP contribution in [0.15, 0.2) is 60.2 Å². The second-order valence-corrected chi connectivity index (χ2v) is 4.30. The van der Waals surface area contributed by atoms with Crippen LogP contribution in [0.1, 0.15) is 18.9 Å². The van der Waals surface area contributed by atoms with E-state index in [4.69, 9.17) is 5.11 Å². The minimum atomic E-state index is 0.